The van der Waals surface area contributed by atoms with Gasteiger partial charge in [-0.05, 0) is 31.2 Å². The van der Waals surface area contributed by atoms with Crippen molar-refractivity contribution in [1.82, 2.24) is 4.72 Å². The summed E-state index contributed by atoms with van der Waals surface area (Å²) in [7, 11) is -3.91. The molecule has 0 aliphatic carbocycles. The van der Waals surface area contributed by atoms with Crippen molar-refractivity contribution < 1.29 is 27.1 Å². The number of nitrogens with one attached hydrogen (secondary N) is 1. The van der Waals surface area contributed by atoms with Gasteiger partial charge >= 0.3 is 5.97 Å². The van der Waals surface area contributed by atoms with Gasteiger partial charge in [-0.25, -0.2) is 12.8 Å². The second kappa shape index (κ2) is 6.39. The van der Waals surface area contributed by atoms with Crippen LogP contribution in [-0.4, -0.2) is 33.3 Å². The van der Waals surface area contributed by atoms with Crippen LogP contribution in [0.1, 0.15) is 6.92 Å². The van der Waals surface area contributed by atoms with E-state index in [0.717, 1.165) is 24.3 Å². The Morgan fingerprint density at radius 2 is 1.84 bits per heavy atom. The molecule has 104 valence electrons. The quantitative estimate of drug-likeness (QED) is 0.757. The summed E-state index contributed by atoms with van der Waals surface area (Å²) in [6.45, 7) is 0.222. The zero-order chi connectivity index (χ0) is 14.5. The van der Waals surface area contributed by atoms with Crippen molar-refractivity contribution in [2.75, 3.05) is 13.2 Å². The van der Waals surface area contributed by atoms with Crippen LogP contribution in [0.3, 0.4) is 0 Å². The largest absolute Gasteiger partial charge is 0.457 e. The number of benzene rings is 1. The standard InChI is InChI=1S/C11H12FNO5S/c1-8(14)7-18-11(15)6-13-19(16,17)10-4-2-9(12)3-5-10/h2-5,13H,6-7H2,1H3. The van der Waals surface area contributed by atoms with E-state index in [4.69, 9.17) is 0 Å². The molecule has 1 aromatic carbocycles. The Bertz CT molecular complexity index is 567. The third kappa shape index (κ3) is 5.14. The van der Waals surface area contributed by atoms with Gasteiger partial charge in [-0.15, -0.1) is 0 Å². The van der Waals surface area contributed by atoms with Crippen molar-refractivity contribution in [3.05, 3.63) is 30.1 Å². The molecule has 0 atom stereocenters. The Kier molecular flexibility index (Phi) is 5.13. The van der Waals surface area contributed by atoms with Crippen molar-refractivity contribution >= 4 is 21.8 Å². The predicted octanol–water partition coefficient (Wildman–Crippen LogP) is 0.236. The highest BCUT2D eigenvalue weighted by molar-refractivity contribution is 7.89. The molecule has 0 aromatic heterocycles. The van der Waals surface area contributed by atoms with Crippen LogP contribution < -0.4 is 4.72 Å². The summed E-state index contributed by atoms with van der Waals surface area (Å²) in [5.74, 6) is -1.80. The molecule has 6 nitrogen and oxygen atoms in total. The molecule has 0 amide bonds. The lowest BCUT2D eigenvalue weighted by molar-refractivity contribution is -0.146. The first-order chi connectivity index (χ1) is 8.81. The van der Waals surface area contributed by atoms with Crippen LogP contribution in [0.5, 0.6) is 0 Å². The normalized spacial score (nSPS) is 11.1. The second-order valence-electron chi connectivity index (χ2n) is 3.64. The summed E-state index contributed by atoms with van der Waals surface area (Å²) in [5, 5.41) is 0. The van der Waals surface area contributed by atoms with E-state index < -0.39 is 35.0 Å². The summed E-state index contributed by atoms with van der Waals surface area (Å²) in [4.78, 5) is 21.5. The highest BCUT2D eigenvalue weighted by Gasteiger charge is 2.16. The first-order valence-electron chi connectivity index (χ1n) is 5.21. The van der Waals surface area contributed by atoms with E-state index in [1.165, 1.54) is 6.92 Å². The Hall–Kier alpha value is -1.80. The molecule has 0 aliphatic heterocycles. The number of carbonyl (C=O) groups is 2. The SMILES string of the molecule is CC(=O)COC(=O)CNS(=O)(=O)c1ccc(F)cc1. The number of halogens is 1. The number of carbonyl (C=O) groups excluding carboxylic acids is 2. The monoisotopic (exact) mass is 289 g/mol. The summed E-state index contributed by atoms with van der Waals surface area (Å²) in [6, 6.07) is 4.11. The van der Waals surface area contributed by atoms with Gasteiger partial charge in [0.25, 0.3) is 0 Å². The number of ketones is 1. The molecule has 0 fully saturated rings. The fraction of sp³-hybridized carbons (Fsp3) is 0.273. The minimum Gasteiger partial charge on any atom is -0.457 e. The van der Waals surface area contributed by atoms with E-state index >= 15 is 0 Å². The van der Waals surface area contributed by atoms with Gasteiger partial charge < -0.3 is 4.74 Å². The van der Waals surface area contributed by atoms with Crippen LogP contribution in [0.4, 0.5) is 4.39 Å². The van der Waals surface area contributed by atoms with Crippen molar-refractivity contribution in [3.63, 3.8) is 0 Å². The van der Waals surface area contributed by atoms with Crippen LogP contribution in [0.25, 0.3) is 0 Å². The number of hydrogen-bond acceptors (Lipinski definition) is 5. The van der Waals surface area contributed by atoms with Crippen LogP contribution >= 0.6 is 0 Å². The molecule has 0 saturated heterocycles. The van der Waals surface area contributed by atoms with Crippen LogP contribution in [0.2, 0.25) is 0 Å². The third-order valence-electron chi connectivity index (χ3n) is 1.97. The van der Waals surface area contributed by atoms with Gasteiger partial charge in [0.15, 0.2) is 5.78 Å². The molecule has 1 N–H and O–H groups in total. The van der Waals surface area contributed by atoms with Gasteiger partial charge in [-0.1, -0.05) is 0 Å². The summed E-state index contributed by atoms with van der Waals surface area (Å²) < 4.78 is 42.5. The molecule has 0 spiro atoms. The van der Waals surface area contributed by atoms with E-state index in [2.05, 4.69) is 4.74 Å². The predicted molar refractivity (Wildman–Crippen MR) is 63.2 cm³/mol. The number of Topliss-reactive ketones (excluding diaryl/α,β-unsaturated/α-hetero) is 1. The molecular formula is C11H12FNO5S. The maximum absolute atomic E-state index is 12.6. The van der Waals surface area contributed by atoms with E-state index in [1.807, 2.05) is 4.72 Å². The summed E-state index contributed by atoms with van der Waals surface area (Å²) in [6.07, 6.45) is 0. The van der Waals surface area contributed by atoms with Crippen molar-refractivity contribution in [2.45, 2.75) is 11.8 Å². The van der Waals surface area contributed by atoms with E-state index in [0.29, 0.717) is 0 Å². The molecule has 19 heavy (non-hydrogen) atoms. The van der Waals surface area contributed by atoms with Crippen molar-refractivity contribution in [2.24, 2.45) is 0 Å². The number of rotatable bonds is 6. The fourth-order valence-electron chi connectivity index (χ4n) is 1.08. The molecule has 0 bridgehead atoms. The zero-order valence-corrected chi connectivity index (χ0v) is 10.9. The number of hydrogen-bond donors (Lipinski definition) is 1. The Morgan fingerprint density at radius 1 is 1.26 bits per heavy atom. The lowest BCUT2D eigenvalue weighted by Crippen LogP contribution is -2.31. The van der Waals surface area contributed by atoms with E-state index in [9.17, 15) is 22.4 Å². The third-order valence-corrected chi connectivity index (χ3v) is 3.38. The van der Waals surface area contributed by atoms with Gasteiger partial charge in [0.1, 0.15) is 19.0 Å². The van der Waals surface area contributed by atoms with Gasteiger partial charge in [-0.2, -0.15) is 4.72 Å². The lowest BCUT2D eigenvalue weighted by atomic mass is 10.4. The number of ether oxygens (including phenoxy) is 1. The van der Waals surface area contributed by atoms with Gasteiger partial charge in [0.2, 0.25) is 10.0 Å². The zero-order valence-electron chi connectivity index (χ0n) is 10.1. The van der Waals surface area contributed by atoms with E-state index in [1.54, 1.807) is 0 Å². The first kappa shape index (κ1) is 15.3. The van der Waals surface area contributed by atoms with Crippen molar-refractivity contribution in [1.29, 1.82) is 0 Å². The fourth-order valence-corrected chi connectivity index (χ4v) is 2.05. The Labute approximate surface area is 109 Å². The van der Waals surface area contributed by atoms with Gasteiger partial charge in [0, 0.05) is 0 Å². The first-order valence-corrected chi connectivity index (χ1v) is 6.70. The maximum atomic E-state index is 12.6. The van der Waals surface area contributed by atoms with Crippen LogP contribution in [-0.2, 0) is 24.3 Å². The average Bonchev–Trinajstić information content (AvgIpc) is 2.34. The number of esters is 1. The molecule has 1 rings (SSSR count). The second-order valence-corrected chi connectivity index (χ2v) is 5.41. The highest BCUT2D eigenvalue weighted by atomic mass is 32.2. The molecule has 0 aliphatic rings. The Balaban J connectivity index is 2.58. The van der Waals surface area contributed by atoms with Crippen LogP contribution in [0.15, 0.2) is 29.2 Å². The molecule has 0 unspecified atom stereocenters. The van der Waals surface area contributed by atoms with Gasteiger partial charge in [-0.3, -0.25) is 9.59 Å². The number of sulfonamides is 1. The van der Waals surface area contributed by atoms with E-state index in [-0.39, 0.29) is 10.7 Å². The van der Waals surface area contributed by atoms with Crippen LogP contribution in [0, 0.1) is 5.82 Å². The minimum atomic E-state index is -3.91. The highest BCUT2D eigenvalue weighted by Crippen LogP contribution is 2.09. The molecule has 0 radical (unpaired) electrons. The molecular weight excluding hydrogens is 277 g/mol. The van der Waals surface area contributed by atoms with Gasteiger partial charge in [0.05, 0.1) is 4.90 Å². The average molecular weight is 289 g/mol. The topological polar surface area (TPSA) is 89.5 Å². The molecule has 8 heteroatoms. The Morgan fingerprint density at radius 3 is 2.37 bits per heavy atom. The minimum absolute atomic E-state index is 0.173. The smallest absolute Gasteiger partial charge is 0.321 e. The molecule has 0 saturated carbocycles. The molecule has 1 aromatic rings. The lowest BCUT2D eigenvalue weighted by Gasteiger charge is -2.06. The summed E-state index contributed by atoms with van der Waals surface area (Å²) >= 11 is 0. The molecule has 0 heterocycles. The summed E-state index contributed by atoms with van der Waals surface area (Å²) in [5.41, 5.74) is 0. The van der Waals surface area contributed by atoms with Crippen molar-refractivity contribution in [3.8, 4) is 0 Å². The maximum Gasteiger partial charge on any atom is 0.321 e.